The van der Waals surface area contributed by atoms with E-state index in [1.807, 2.05) is 13.2 Å². The molecule has 0 fully saturated rings. The van der Waals surface area contributed by atoms with Gasteiger partial charge in [-0.15, -0.1) is 0 Å². The van der Waals surface area contributed by atoms with E-state index >= 15 is 0 Å². The minimum Gasteiger partial charge on any atom is -0.334 e. The quantitative estimate of drug-likeness (QED) is 0.940. The first-order chi connectivity index (χ1) is 8.67. The fourth-order valence-electron chi connectivity index (χ4n) is 1.99. The van der Waals surface area contributed by atoms with Crippen LogP contribution in [0.3, 0.4) is 0 Å². The average Bonchev–Trinajstić information content (AvgIpc) is 2.83. The molecule has 2 aromatic rings. The summed E-state index contributed by atoms with van der Waals surface area (Å²) in [5, 5.41) is 3.22. The summed E-state index contributed by atoms with van der Waals surface area (Å²) in [6, 6.07) is 4.97. The molecule has 1 N–H and O–H groups in total. The van der Waals surface area contributed by atoms with E-state index in [0.29, 0.717) is 4.47 Å². The summed E-state index contributed by atoms with van der Waals surface area (Å²) in [7, 11) is 1.87. The number of rotatable bonds is 4. The predicted molar refractivity (Wildman–Crippen MR) is 72.9 cm³/mol. The van der Waals surface area contributed by atoms with Crippen LogP contribution in [0.25, 0.3) is 0 Å². The zero-order chi connectivity index (χ0) is 13.1. The standard InChI is InChI=1S/C13H15BrFN3/c1-3-18-7-6-17-13(18)12(16-2)9-4-5-11(15)10(14)8-9/h4-8,12,16H,3H2,1-2H3. The number of benzene rings is 1. The summed E-state index contributed by atoms with van der Waals surface area (Å²) >= 11 is 3.21. The van der Waals surface area contributed by atoms with E-state index in [4.69, 9.17) is 0 Å². The van der Waals surface area contributed by atoms with Crippen molar-refractivity contribution in [2.45, 2.75) is 19.5 Å². The monoisotopic (exact) mass is 311 g/mol. The van der Waals surface area contributed by atoms with E-state index in [1.165, 1.54) is 6.07 Å². The van der Waals surface area contributed by atoms with Crippen LogP contribution >= 0.6 is 15.9 Å². The molecule has 5 heteroatoms. The van der Waals surface area contributed by atoms with Gasteiger partial charge in [-0.05, 0) is 47.6 Å². The molecule has 0 saturated carbocycles. The average molecular weight is 312 g/mol. The Morgan fingerprint density at radius 1 is 1.50 bits per heavy atom. The van der Waals surface area contributed by atoms with Crippen molar-refractivity contribution in [1.82, 2.24) is 14.9 Å². The lowest BCUT2D eigenvalue weighted by atomic mass is 10.1. The van der Waals surface area contributed by atoms with Gasteiger partial charge in [-0.2, -0.15) is 0 Å². The Morgan fingerprint density at radius 3 is 2.89 bits per heavy atom. The first kappa shape index (κ1) is 13.2. The minimum absolute atomic E-state index is 0.0446. The largest absolute Gasteiger partial charge is 0.334 e. The number of imidazole rings is 1. The van der Waals surface area contributed by atoms with Gasteiger partial charge in [-0.1, -0.05) is 6.07 Å². The maximum absolute atomic E-state index is 13.3. The molecule has 1 heterocycles. The molecule has 3 nitrogen and oxygen atoms in total. The summed E-state index contributed by atoms with van der Waals surface area (Å²) in [5.74, 6) is 0.672. The second-order valence-corrected chi connectivity index (χ2v) is 4.82. The lowest BCUT2D eigenvalue weighted by molar-refractivity contribution is 0.584. The van der Waals surface area contributed by atoms with Gasteiger partial charge in [0.25, 0.3) is 0 Å². The summed E-state index contributed by atoms with van der Waals surface area (Å²) in [5.41, 5.74) is 0.978. The van der Waals surface area contributed by atoms with Crippen molar-refractivity contribution < 1.29 is 4.39 Å². The maximum Gasteiger partial charge on any atom is 0.137 e. The van der Waals surface area contributed by atoms with E-state index in [0.717, 1.165) is 17.9 Å². The molecule has 18 heavy (non-hydrogen) atoms. The fraction of sp³-hybridized carbons (Fsp3) is 0.308. The molecule has 0 aliphatic rings. The molecule has 0 amide bonds. The van der Waals surface area contributed by atoms with Crippen molar-refractivity contribution in [2.24, 2.45) is 0 Å². The molecular weight excluding hydrogens is 297 g/mol. The Balaban J connectivity index is 2.42. The van der Waals surface area contributed by atoms with Crippen LogP contribution in [0.15, 0.2) is 35.1 Å². The molecule has 0 aliphatic heterocycles. The number of nitrogens with one attached hydrogen (secondary N) is 1. The molecule has 2 rings (SSSR count). The number of halogens is 2. The van der Waals surface area contributed by atoms with Crippen LogP contribution in [0.4, 0.5) is 4.39 Å². The van der Waals surface area contributed by atoms with E-state index in [2.05, 4.69) is 37.7 Å². The summed E-state index contributed by atoms with van der Waals surface area (Å²) < 4.78 is 15.8. The number of aryl methyl sites for hydroxylation is 1. The van der Waals surface area contributed by atoms with Crippen molar-refractivity contribution >= 4 is 15.9 Å². The van der Waals surface area contributed by atoms with E-state index < -0.39 is 0 Å². The Hall–Kier alpha value is -1.20. The Morgan fingerprint density at radius 2 is 2.28 bits per heavy atom. The van der Waals surface area contributed by atoms with E-state index in [-0.39, 0.29) is 11.9 Å². The van der Waals surface area contributed by atoms with Gasteiger partial charge in [0.2, 0.25) is 0 Å². The van der Waals surface area contributed by atoms with Gasteiger partial charge < -0.3 is 9.88 Å². The highest BCUT2D eigenvalue weighted by molar-refractivity contribution is 9.10. The molecule has 0 radical (unpaired) electrons. The van der Waals surface area contributed by atoms with Gasteiger partial charge in [-0.25, -0.2) is 9.37 Å². The van der Waals surface area contributed by atoms with Gasteiger partial charge in [0.15, 0.2) is 0 Å². The van der Waals surface area contributed by atoms with Crippen molar-refractivity contribution in [1.29, 1.82) is 0 Å². The zero-order valence-electron chi connectivity index (χ0n) is 10.3. The lowest BCUT2D eigenvalue weighted by Crippen LogP contribution is -2.21. The SMILES string of the molecule is CCn1ccnc1C(NC)c1ccc(F)c(Br)c1. The maximum atomic E-state index is 13.3. The third-order valence-corrected chi connectivity index (χ3v) is 3.52. The molecule has 0 saturated heterocycles. The lowest BCUT2D eigenvalue weighted by Gasteiger charge is -2.18. The summed E-state index contributed by atoms with van der Waals surface area (Å²) in [6.45, 7) is 2.92. The van der Waals surface area contributed by atoms with Crippen LogP contribution in [0.1, 0.15) is 24.4 Å². The van der Waals surface area contributed by atoms with Crippen molar-refractivity contribution in [2.75, 3.05) is 7.05 Å². The molecule has 1 aromatic carbocycles. The molecule has 0 aliphatic carbocycles. The third kappa shape index (κ3) is 2.47. The highest BCUT2D eigenvalue weighted by Gasteiger charge is 2.17. The molecular formula is C13H15BrFN3. The number of nitrogens with zero attached hydrogens (tertiary/aromatic N) is 2. The summed E-state index contributed by atoms with van der Waals surface area (Å²) in [6.07, 6.45) is 3.72. The highest BCUT2D eigenvalue weighted by Crippen LogP contribution is 2.25. The Kier molecular flexibility index (Phi) is 4.14. The Labute approximate surface area is 114 Å². The number of hydrogen-bond donors (Lipinski definition) is 1. The normalized spacial score (nSPS) is 12.7. The van der Waals surface area contributed by atoms with Crippen LogP contribution in [0, 0.1) is 5.82 Å². The smallest absolute Gasteiger partial charge is 0.137 e. The molecule has 1 unspecified atom stereocenters. The second-order valence-electron chi connectivity index (χ2n) is 3.97. The van der Waals surface area contributed by atoms with Crippen LogP contribution in [-0.4, -0.2) is 16.6 Å². The van der Waals surface area contributed by atoms with Crippen LogP contribution in [0.5, 0.6) is 0 Å². The third-order valence-electron chi connectivity index (χ3n) is 2.91. The van der Waals surface area contributed by atoms with Crippen LogP contribution in [-0.2, 0) is 6.54 Å². The molecule has 1 aromatic heterocycles. The minimum atomic E-state index is -0.257. The topological polar surface area (TPSA) is 29.9 Å². The molecule has 1 atom stereocenters. The van der Waals surface area contributed by atoms with Crippen molar-refractivity contribution in [3.63, 3.8) is 0 Å². The Bertz CT molecular complexity index is 539. The summed E-state index contributed by atoms with van der Waals surface area (Å²) in [4.78, 5) is 4.38. The van der Waals surface area contributed by atoms with Crippen molar-refractivity contribution in [3.8, 4) is 0 Å². The highest BCUT2D eigenvalue weighted by atomic mass is 79.9. The van der Waals surface area contributed by atoms with Crippen LogP contribution in [0.2, 0.25) is 0 Å². The molecule has 0 spiro atoms. The second kappa shape index (κ2) is 5.63. The predicted octanol–water partition coefficient (Wildman–Crippen LogP) is 3.11. The van der Waals surface area contributed by atoms with Crippen LogP contribution < -0.4 is 5.32 Å². The first-order valence-corrected chi connectivity index (χ1v) is 6.60. The number of aromatic nitrogens is 2. The molecule has 96 valence electrons. The van der Waals surface area contributed by atoms with Gasteiger partial charge >= 0.3 is 0 Å². The van der Waals surface area contributed by atoms with Gasteiger partial charge in [0.05, 0.1) is 10.5 Å². The van der Waals surface area contributed by atoms with Gasteiger partial charge in [0, 0.05) is 18.9 Å². The zero-order valence-corrected chi connectivity index (χ0v) is 11.9. The van der Waals surface area contributed by atoms with Gasteiger partial charge in [-0.3, -0.25) is 0 Å². The molecule has 0 bridgehead atoms. The van der Waals surface area contributed by atoms with E-state index in [9.17, 15) is 4.39 Å². The first-order valence-electron chi connectivity index (χ1n) is 5.80. The fourth-order valence-corrected chi connectivity index (χ4v) is 2.38. The van der Waals surface area contributed by atoms with Crippen molar-refractivity contribution in [3.05, 3.63) is 52.3 Å². The van der Waals surface area contributed by atoms with E-state index in [1.54, 1.807) is 18.3 Å². The number of hydrogen-bond acceptors (Lipinski definition) is 2. The van der Waals surface area contributed by atoms with Gasteiger partial charge in [0.1, 0.15) is 11.6 Å².